The Bertz CT molecular complexity index is 398. The molecule has 0 aromatic carbocycles. The van der Waals surface area contributed by atoms with Crippen LogP contribution in [0.5, 0.6) is 0 Å². The minimum atomic E-state index is -0.0265. The van der Waals surface area contributed by atoms with E-state index in [1.54, 1.807) is 13.3 Å². The third kappa shape index (κ3) is 5.56. The second-order valence-corrected chi connectivity index (χ2v) is 4.13. The van der Waals surface area contributed by atoms with E-state index in [1.807, 2.05) is 31.0 Å². The van der Waals surface area contributed by atoms with Crippen molar-refractivity contribution >= 4 is 17.4 Å². The molecule has 1 heterocycles. The number of ether oxygens (including phenoxy) is 1. The molecule has 0 radical (unpaired) electrons. The quantitative estimate of drug-likeness (QED) is 0.678. The highest BCUT2D eigenvalue weighted by atomic mass is 16.5. The van der Waals surface area contributed by atoms with Gasteiger partial charge in [0.2, 0.25) is 5.91 Å². The van der Waals surface area contributed by atoms with Crippen LogP contribution in [-0.2, 0) is 9.53 Å². The number of nitrogens with zero attached hydrogens (tertiary/aromatic N) is 2. The van der Waals surface area contributed by atoms with Crippen LogP contribution in [0, 0.1) is 0 Å². The maximum absolute atomic E-state index is 11.7. The van der Waals surface area contributed by atoms with Crippen LogP contribution in [0.15, 0.2) is 18.3 Å². The Labute approximate surface area is 114 Å². The Morgan fingerprint density at radius 3 is 3.00 bits per heavy atom. The van der Waals surface area contributed by atoms with Crippen LogP contribution in [0.1, 0.15) is 6.92 Å². The van der Waals surface area contributed by atoms with Crippen molar-refractivity contribution in [2.75, 3.05) is 50.6 Å². The van der Waals surface area contributed by atoms with Gasteiger partial charge >= 0.3 is 0 Å². The average molecular weight is 266 g/mol. The fourth-order valence-corrected chi connectivity index (χ4v) is 1.59. The molecule has 0 saturated heterocycles. The van der Waals surface area contributed by atoms with Crippen LogP contribution in [0.3, 0.4) is 0 Å². The molecule has 19 heavy (non-hydrogen) atoms. The van der Waals surface area contributed by atoms with Gasteiger partial charge in [0.05, 0.1) is 13.2 Å². The Hall–Kier alpha value is -1.82. The Kier molecular flexibility index (Phi) is 6.67. The second kappa shape index (κ2) is 8.31. The van der Waals surface area contributed by atoms with E-state index in [0.29, 0.717) is 19.7 Å². The first-order valence-corrected chi connectivity index (χ1v) is 6.34. The molecule has 1 amide bonds. The molecule has 0 atom stereocenters. The molecule has 0 unspecified atom stereocenters. The van der Waals surface area contributed by atoms with Gasteiger partial charge in [-0.15, -0.1) is 0 Å². The number of methoxy groups -OCH3 is 1. The van der Waals surface area contributed by atoms with Gasteiger partial charge in [0.25, 0.3) is 0 Å². The largest absolute Gasteiger partial charge is 0.383 e. The summed E-state index contributed by atoms with van der Waals surface area (Å²) in [5.74, 6) is 0.785. The van der Waals surface area contributed by atoms with Gasteiger partial charge in [-0.3, -0.25) is 4.79 Å². The Morgan fingerprint density at radius 2 is 2.32 bits per heavy atom. The van der Waals surface area contributed by atoms with Gasteiger partial charge < -0.3 is 20.3 Å². The molecule has 0 spiro atoms. The first-order chi connectivity index (χ1) is 9.17. The molecule has 6 nitrogen and oxygen atoms in total. The summed E-state index contributed by atoms with van der Waals surface area (Å²) < 4.78 is 4.88. The third-order valence-electron chi connectivity index (χ3n) is 2.55. The predicted octanol–water partition coefficient (Wildman–Crippen LogP) is 0.712. The summed E-state index contributed by atoms with van der Waals surface area (Å²) in [5, 5.41) is 5.93. The molecule has 6 heteroatoms. The average Bonchev–Trinajstić information content (AvgIpc) is 2.39. The molecule has 0 aliphatic rings. The highest BCUT2D eigenvalue weighted by molar-refractivity contribution is 5.81. The number of hydrogen-bond donors (Lipinski definition) is 2. The monoisotopic (exact) mass is 266 g/mol. The molecule has 1 aromatic rings. The van der Waals surface area contributed by atoms with Crippen molar-refractivity contribution in [1.29, 1.82) is 0 Å². The van der Waals surface area contributed by atoms with E-state index >= 15 is 0 Å². The van der Waals surface area contributed by atoms with E-state index < -0.39 is 0 Å². The highest BCUT2D eigenvalue weighted by Crippen LogP contribution is 2.15. The van der Waals surface area contributed by atoms with Gasteiger partial charge in [-0.1, -0.05) is 0 Å². The lowest BCUT2D eigenvalue weighted by Gasteiger charge is -2.19. The number of carbonyl (C=O) groups is 1. The zero-order valence-electron chi connectivity index (χ0n) is 11.8. The van der Waals surface area contributed by atoms with Gasteiger partial charge in [-0.05, 0) is 13.0 Å². The topological polar surface area (TPSA) is 66.5 Å². The van der Waals surface area contributed by atoms with E-state index in [-0.39, 0.29) is 5.91 Å². The van der Waals surface area contributed by atoms with Gasteiger partial charge in [0.1, 0.15) is 5.82 Å². The molecule has 0 aliphatic heterocycles. The summed E-state index contributed by atoms with van der Waals surface area (Å²) in [7, 11) is 3.48. The fraction of sp³-hybridized carbons (Fsp3) is 0.538. The lowest BCUT2D eigenvalue weighted by molar-refractivity contribution is -0.119. The second-order valence-electron chi connectivity index (χ2n) is 4.13. The normalized spacial score (nSPS) is 10.1. The Balaban J connectivity index is 2.50. The summed E-state index contributed by atoms with van der Waals surface area (Å²) in [5.41, 5.74) is 0.952. The van der Waals surface area contributed by atoms with Crippen LogP contribution in [0.2, 0.25) is 0 Å². The number of aromatic nitrogens is 1. The number of likely N-dealkylation sites (N-methyl/N-ethyl adjacent to an activating group) is 1. The van der Waals surface area contributed by atoms with Crippen molar-refractivity contribution in [2.45, 2.75) is 6.92 Å². The van der Waals surface area contributed by atoms with Crippen molar-refractivity contribution < 1.29 is 9.53 Å². The minimum absolute atomic E-state index is 0.0265. The smallest absolute Gasteiger partial charge is 0.239 e. The zero-order chi connectivity index (χ0) is 14.1. The number of hydrogen-bond acceptors (Lipinski definition) is 5. The molecule has 0 saturated carbocycles. The summed E-state index contributed by atoms with van der Waals surface area (Å²) in [4.78, 5) is 17.7. The number of carbonyl (C=O) groups excluding carboxylic acids is 1. The molecule has 1 rings (SSSR count). The molecular weight excluding hydrogens is 244 g/mol. The zero-order valence-corrected chi connectivity index (χ0v) is 11.8. The van der Waals surface area contributed by atoms with Crippen LogP contribution in [0.25, 0.3) is 0 Å². The predicted molar refractivity (Wildman–Crippen MR) is 76.6 cm³/mol. The van der Waals surface area contributed by atoms with Gasteiger partial charge in [0, 0.05) is 45.2 Å². The maximum atomic E-state index is 11.7. The molecule has 1 aromatic heterocycles. The van der Waals surface area contributed by atoms with E-state index in [2.05, 4.69) is 15.6 Å². The minimum Gasteiger partial charge on any atom is -0.383 e. The van der Waals surface area contributed by atoms with E-state index in [0.717, 1.165) is 18.1 Å². The Morgan fingerprint density at radius 1 is 1.53 bits per heavy atom. The van der Waals surface area contributed by atoms with Crippen LogP contribution < -0.4 is 15.5 Å². The molecule has 0 bridgehead atoms. The van der Waals surface area contributed by atoms with Gasteiger partial charge in [0.15, 0.2) is 0 Å². The number of amides is 1. The third-order valence-corrected chi connectivity index (χ3v) is 2.55. The first-order valence-electron chi connectivity index (χ1n) is 6.34. The number of anilines is 2. The van der Waals surface area contributed by atoms with Crippen LogP contribution in [-0.4, -0.2) is 51.3 Å². The fourth-order valence-electron chi connectivity index (χ4n) is 1.59. The molecule has 0 aliphatic carbocycles. The molecular formula is C13H22N4O2. The summed E-state index contributed by atoms with van der Waals surface area (Å²) >= 11 is 0. The standard InChI is InChI=1S/C13H22N4O2/c1-4-14-12-9-11(5-6-15-12)17(2)10-13(18)16-7-8-19-3/h5-6,9H,4,7-8,10H2,1-3H3,(H,14,15)(H,16,18). The number of rotatable bonds is 8. The SMILES string of the molecule is CCNc1cc(N(C)CC(=O)NCCOC)ccn1. The maximum Gasteiger partial charge on any atom is 0.239 e. The van der Waals surface area contributed by atoms with Crippen LogP contribution >= 0.6 is 0 Å². The molecule has 2 N–H and O–H groups in total. The lowest BCUT2D eigenvalue weighted by Crippen LogP contribution is -2.36. The van der Waals surface area contributed by atoms with E-state index in [4.69, 9.17) is 4.74 Å². The number of pyridine rings is 1. The highest BCUT2D eigenvalue weighted by Gasteiger charge is 2.07. The van der Waals surface area contributed by atoms with Crippen LogP contribution in [0.4, 0.5) is 11.5 Å². The van der Waals surface area contributed by atoms with Gasteiger partial charge in [-0.2, -0.15) is 0 Å². The summed E-state index contributed by atoms with van der Waals surface area (Å²) in [6.07, 6.45) is 1.73. The van der Waals surface area contributed by atoms with Gasteiger partial charge in [-0.25, -0.2) is 4.98 Å². The van der Waals surface area contributed by atoms with Crippen molar-refractivity contribution in [3.05, 3.63) is 18.3 Å². The molecule has 0 fully saturated rings. The first kappa shape index (κ1) is 15.2. The summed E-state index contributed by atoms with van der Waals surface area (Å²) in [6, 6.07) is 3.80. The van der Waals surface area contributed by atoms with Crippen molar-refractivity contribution in [2.24, 2.45) is 0 Å². The van der Waals surface area contributed by atoms with Crippen molar-refractivity contribution in [3.63, 3.8) is 0 Å². The van der Waals surface area contributed by atoms with Crippen molar-refractivity contribution in [3.8, 4) is 0 Å². The molecule has 106 valence electrons. The van der Waals surface area contributed by atoms with E-state index in [1.165, 1.54) is 0 Å². The van der Waals surface area contributed by atoms with E-state index in [9.17, 15) is 4.79 Å². The summed E-state index contributed by atoms with van der Waals surface area (Å²) in [6.45, 7) is 4.19. The number of nitrogens with one attached hydrogen (secondary N) is 2. The van der Waals surface area contributed by atoms with Crippen molar-refractivity contribution in [1.82, 2.24) is 10.3 Å². The lowest BCUT2D eigenvalue weighted by atomic mass is 10.3.